The Balaban J connectivity index is 3.06. The highest BCUT2D eigenvalue weighted by Crippen LogP contribution is 2.15. The molecule has 0 heterocycles. The summed E-state index contributed by atoms with van der Waals surface area (Å²) in [5.41, 5.74) is -0.293. The molecule has 1 rings (SSSR count). The molecule has 0 aromatic heterocycles. The first-order valence-electron chi connectivity index (χ1n) is 4.16. The molecule has 0 bridgehead atoms. The van der Waals surface area contributed by atoms with Crippen molar-refractivity contribution in [1.29, 1.82) is 5.26 Å². The van der Waals surface area contributed by atoms with Crippen LogP contribution in [0.3, 0.4) is 0 Å². The molecule has 0 aliphatic heterocycles. The summed E-state index contributed by atoms with van der Waals surface area (Å²) in [5, 5.41) is 8.23. The van der Waals surface area contributed by atoms with Gasteiger partial charge in [-0.25, -0.2) is 8.78 Å². The lowest BCUT2D eigenvalue weighted by Crippen LogP contribution is -1.92. The van der Waals surface area contributed by atoms with Gasteiger partial charge in [0.25, 0.3) is 0 Å². The number of carbonyl (C=O) groups is 1. The van der Waals surface area contributed by atoms with Crippen molar-refractivity contribution in [2.45, 2.75) is 6.42 Å². The smallest absolute Gasteiger partial charge is 0.153 e. The summed E-state index contributed by atoms with van der Waals surface area (Å²) >= 11 is 0. The maximum Gasteiger partial charge on any atom is 0.153 e. The third kappa shape index (κ3) is 2.71. The van der Waals surface area contributed by atoms with Crippen LogP contribution in [0.5, 0.6) is 0 Å². The minimum atomic E-state index is -0.775. The molecule has 76 valence electrons. The summed E-state index contributed by atoms with van der Waals surface area (Å²) in [7, 11) is 0. The summed E-state index contributed by atoms with van der Waals surface area (Å²) in [5.74, 6) is -1.46. The number of nitriles is 1. The van der Waals surface area contributed by atoms with Crippen LogP contribution in [0.1, 0.15) is 22.3 Å². The molecule has 0 amide bonds. The second-order valence-electron chi connectivity index (χ2n) is 2.78. The van der Waals surface area contributed by atoms with Crippen LogP contribution in [0, 0.1) is 23.0 Å². The van der Waals surface area contributed by atoms with Gasteiger partial charge in [0.1, 0.15) is 11.6 Å². The maximum atomic E-state index is 13.2. The molecule has 0 aliphatic rings. The highest BCUT2D eigenvalue weighted by molar-refractivity contribution is 5.76. The Hall–Kier alpha value is -2.02. The molecule has 1 aromatic carbocycles. The average molecular weight is 207 g/mol. The topological polar surface area (TPSA) is 40.9 Å². The van der Waals surface area contributed by atoms with Crippen LogP contribution in [0.4, 0.5) is 8.78 Å². The first-order chi connectivity index (χ1) is 7.19. The highest BCUT2D eigenvalue weighted by Gasteiger charge is 2.06. The molecule has 0 radical (unpaired) electrons. The maximum absolute atomic E-state index is 13.2. The van der Waals surface area contributed by atoms with Gasteiger partial charge < -0.3 is 0 Å². The molecule has 0 fully saturated rings. The molecule has 0 aliphatic carbocycles. The fraction of sp³-hybridized carbons (Fsp3) is 0.0909. The van der Waals surface area contributed by atoms with Gasteiger partial charge in [0.2, 0.25) is 0 Å². The van der Waals surface area contributed by atoms with E-state index in [2.05, 4.69) is 0 Å². The van der Waals surface area contributed by atoms with Crippen molar-refractivity contribution in [2.24, 2.45) is 0 Å². The zero-order valence-corrected chi connectivity index (χ0v) is 7.71. The van der Waals surface area contributed by atoms with E-state index in [1.54, 1.807) is 0 Å². The van der Waals surface area contributed by atoms with E-state index in [0.29, 0.717) is 0 Å². The lowest BCUT2D eigenvalue weighted by molar-refractivity contribution is 0.111. The van der Waals surface area contributed by atoms with Gasteiger partial charge >= 0.3 is 0 Å². The van der Waals surface area contributed by atoms with Crippen LogP contribution in [-0.4, -0.2) is 6.29 Å². The molecular weight excluding hydrogens is 200 g/mol. The van der Waals surface area contributed by atoms with Gasteiger partial charge in [-0.1, -0.05) is 12.2 Å². The molecule has 0 saturated heterocycles. The van der Waals surface area contributed by atoms with Gasteiger partial charge in [0.15, 0.2) is 6.29 Å². The Morgan fingerprint density at radius 3 is 2.47 bits per heavy atom. The second kappa shape index (κ2) is 5.01. The molecule has 2 nitrogen and oxygen atoms in total. The van der Waals surface area contributed by atoms with Crippen molar-refractivity contribution >= 4 is 12.4 Å². The lowest BCUT2D eigenvalue weighted by Gasteiger charge is -1.99. The van der Waals surface area contributed by atoms with E-state index < -0.39 is 11.6 Å². The number of aldehydes is 1. The van der Waals surface area contributed by atoms with Crippen molar-refractivity contribution in [3.05, 3.63) is 41.0 Å². The van der Waals surface area contributed by atoms with Crippen LogP contribution >= 0.6 is 0 Å². The third-order valence-corrected chi connectivity index (χ3v) is 1.75. The van der Waals surface area contributed by atoms with E-state index in [4.69, 9.17) is 5.26 Å². The quantitative estimate of drug-likeness (QED) is 0.715. The SMILES string of the molecule is N#CCC=Cc1cc(F)c(C=O)cc1F. The summed E-state index contributed by atoms with van der Waals surface area (Å²) in [4.78, 5) is 10.3. The zero-order chi connectivity index (χ0) is 11.3. The van der Waals surface area contributed by atoms with E-state index in [-0.39, 0.29) is 23.8 Å². The molecule has 0 spiro atoms. The number of carbonyl (C=O) groups excluding carboxylic acids is 1. The monoisotopic (exact) mass is 207 g/mol. The van der Waals surface area contributed by atoms with Crippen molar-refractivity contribution in [1.82, 2.24) is 0 Å². The third-order valence-electron chi connectivity index (χ3n) is 1.75. The van der Waals surface area contributed by atoms with Gasteiger partial charge in [-0.3, -0.25) is 4.79 Å². The van der Waals surface area contributed by atoms with E-state index in [1.807, 2.05) is 6.07 Å². The van der Waals surface area contributed by atoms with Crippen LogP contribution < -0.4 is 0 Å². The standard InChI is InChI=1S/C11H7F2NO/c12-10-6-9(7-15)11(13)5-8(10)3-1-2-4-14/h1,3,5-7H,2H2. The first kappa shape index (κ1) is 11.1. The van der Waals surface area contributed by atoms with Gasteiger partial charge in [-0.2, -0.15) is 5.26 Å². The minimum absolute atomic E-state index is 0.0216. The molecular formula is C11H7F2NO. The predicted octanol–water partition coefficient (Wildman–Crippen LogP) is 2.70. The number of hydrogen-bond acceptors (Lipinski definition) is 2. The predicted molar refractivity (Wildman–Crippen MR) is 51.0 cm³/mol. The van der Waals surface area contributed by atoms with Crippen LogP contribution in [0.25, 0.3) is 6.08 Å². The second-order valence-corrected chi connectivity index (χ2v) is 2.78. The summed E-state index contributed by atoms with van der Waals surface area (Å²) in [6, 6.07) is 3.59. The molecule has 0 unspecified atom stereocenters. The van der Waals surface area contributed by atoms with Gasteiger partial charge in [-0.05, 0) is 12.1 Å². The van der Waals surface area contributed by atoms with Gasteiger partial charge in [0, 0.05) is 5.56 Å². The summed E-state index contributed by atoms with van der Waals surface area (Å²) < 4.78 is 26.2. The van der Waals surface area contributed by atoms with E-state index in [1.165, 1.54) is 12.2 Å². The Kier molecular flexibility index (Phi) is 3.69. The number of rotatable bonds is 3. The number of benzene rings is 1. The van der Waals surface area contributed by atoms with Gasteiger partial charge in [0.05, 0.1) is 18.1 Å². The lowest BCUT2D eigenvalue weighted by atomic mass is 10.1. The highest BCUT2D eigenvalue weighted by atomic mass is 19.1. The molecule has 15 heavy (non-hydrogen) atoms. The van der Waals surface area contributed by atoms with Gasteiger partial charge in [-0.15, -0.1) is 0 Å². The van der Waals surface area contributed by atoms with Crippen LogP contribution in [0.2, 0.25) is 0 Å². The Labute approximate surface area is 85.5 Å². The van der Waals surface area contributed by atoms with E-state index in [0.717, 1.165) is 12.1 Å². The fourth-order valence-corrected chi connectivity index (χ4v) is 1.03. The molecule has 4 heteroatoms. The summed E-state index contributed by atoms with van der Waals surface area (Å²) in [6.45, 7) is 0. The number of hydrogen-bond donors (Lipinski definition) is 0. The molecule has 0 N–H and O–H groups in total. The molecule has 0 atom stereocenters. The van der Waals surface area contributed by atoms with Crippen molar-refractivity contribution in [3.63, 3.8) is 0 Å². The van der Waals surface area contributed by atoms with Crippen molar-refractivity contribution in [3.8, 4) is 6.07 Å². The van der Waals surface area contributed by atoms with Crippen molar-refractivity contribution in [2.75, 3.05) is 0 Å². The average Bonchev–Trinajstić information content (AvgIpc) is 2.23. The Bertz CT molecular complexity index is 447. The zero-order valence-electron chi connectivity index (χ0n) is 7.71. The van der Waals surface area contributed by atoms with Crippen LogP contribution in [-0.2, 0) is 0 Å². The first-order valence-corrected chi connectivity index (χ1v) is 4.16. The molecule has 0 saturated carbocycles. The summed E-state index contributed by atoms with van der Waals surface area (Å²) in [6.07, 6.45) is 3.09. The number of nitrogens with zero attached hydrogens (tertiary/aromatic N) is 1. The normalized spacial score (nSPS) is 10.2. The van der Waals surface area contributed by atoms with E-state index in [9.17, 15) is 13.6 Å². The number of halogens is 2. The van der Waals surface area contributed by atoms with Crippen molar-refractivity contribution < 1.29 is 13.6 Å². The molecule has 1 aromatic rings. The fourth-order valence-electron chi connectivity index (χ4n) is 1.03. The largest absolute Gasteiger partial charge is 0.298 e. The minimum Gasteiger partial charge on any atom is -0.298 e. The van der Waals surface area contributed by atoms with E-state index >= 15 is 0 Å². The Morgan fingerprint density at radius 2 is 1.87 bits per heavy atom. The Morgan fingerprint density at radius 1 is 1.27 bits per heavy atom. The van der Waals surface area contributed by atoms with Crippen LogP contribution in [0.15, 0.2) is 18.2 Å². The number of allylic oxidation sites excluding steroid dienone is 1.